The number of rotatable bonds is 10. The highest BCUT2D eigenvalue weighted by Gasteiger charge is 2.39. The van der Waals surface area contributed by atoms with E-state index in [0.29, 0.717) is 19.6 Å². The molecule has 4 rings (SSSR count). The third kappa shape index (κ3) is 7.69. The van der Waals surface area contributed by atoms with E-state index in [2.05, 4.69) is 42.6 Å². The Morgan fingerprint density at radius 2 is 1.66 bits per heavy atom. The van der Waals surface area contributed by atoms with Crippen molar-refractivity contribution < 1.29 is 22.7 Å². The van der Waals surface area contributed by atoms with Crippen LogP contribution in [-0.4, -0.2) is 88.1 Å². The monoisotopic (exact) mass is 544 g/mol. The first-order valence-electron chi connectivity index (χ1n) is 13.2. The normalized spacial score (nSPS) is 19.3. The summed E-state index contributed by atoms with van der Waals surface area (Å²) in [4.78, 5) is 19.7. The maximum atomic E-state index is 13.2. The summed E-state index contributed by atoms with van der Waals surface area (Å²) < 4.78 is 35.0. The molecule has 1 N–H and O–H groups in total. The van der Waals surface area contributed by atoms with Gasteiger partial charge in [-0.1, -0.05) is 57.2 Å². The smallest absolute Gasteiger partial charge is 0.335 e. The van der Waals surface area contributed by atoms with Crippen molar-refractivity contribution in [3.8, 4) is 5.75 Å². The zero-order valence-corrected chi connectivity index (χ0v) is 23.7. The third-order valence-corrected chi connectivity index (χ3v) is 7.54. The SMILES string of the molecule is CC(C)(C)c1ccc(C2CN(NS(C)(=O)=O)C(=O)N2CCc2ccc(OCCN3CCOCC3)cc2)cc1. The van der Waals surface area contributed by atoms with E-state index in [1.165, 1.54) is 10.6 Å². The van der Waals surface area contributed by atoms with Gasteiger partial charge in [-0.15, -0.1) is 4.83 Å². The Bertz CT molecular complexity index is 1170. The average molecular weight is 545 g/mol. The van der Waals surface area contributed by atoms with Gasteiger partial charge in [0, 0.05) is 26.2 Å². The molecule has 1 atom stereocenters. The quantitative estimate of drug-likeness (QED) is 0.494. The molecule has 10 heteroatoms. The van der Waals surface area contributed by atoms with E-state index in [9.17, 15) is 13.2 Å². The van der Waals surface area contributed by atoms with Crippen molar-refractivity contribution in [1.29, 1.82) is 0 Å². The summed E-state index contributed by atoms with van der Waals surface area (Å²) in [5.41, 5.74) is 3.28. The van der Waals surface area contributed by atoms with Gasteiger partial charge in [0.2, 0.25) is 10.0 Å². The second kappa shape index (κ2) is 12.0. The van der Waals surface area contributed by atoms with Crippen LogP contribution in [0.15, 0.2) is 48.5 Å². The lowest BCUT2D eigenvalue weighted by atomic mass is 9.86. The highest BCUT2D eigenvalue weighted by molar-refractivity contribution is 7.88. The Balaban J connectivity index is 1.39. The van der Waals surface area contributed by atoms with Crippen LogP contribution < -0.4 is 9.57 Å². The predicted octanol–water partition coefficient (Wildman–Crippen LogP) is 3.18. The summed E-state index contributed by atoms with van der Waals surface area (Å²) in [6.45, 7) is 12.1. The van der Waals surface area contributed by atoms with E-state index in [0.717, 1.165) is 56.0 Å². The minimum atomic E-state index is -3.58. The number of hydrazine groups is 1. The molecule has 2 aromatic carbocycles. The van der Waals surface area contributed by atoms with Crippen LogP contribution in [0.2, 0.25) is 0 Å². The zero-order chi connectivity index (χ0) is 27.3. The molecule has 0 aromatic heterocycles. The maximum absolute atomic E-state index is 13.2. The molecular weight excluding hydrogens is 504 g/mol. The van der Waals surface area contributed by atoms with Gasteiger partial charge in [-0.05, 0) is 40.7 Å². The fraction of sp³-hybridized carbons (Fsp3) is 0.536. The van der Waals surface area contributed by atoms with Crippen molar-refractivity contribution in [2.45, 2.75) is 38.6 Å². The van der Waals surface area contributed by atoms with E-state index < -0.39 is 10.0 Å². The number of carbonyl (C=O) groups excluding carboxylic acids is 1. The van der Waals surface area contributed by atoms with Crippen LogP contribution >= 0.6 is 0 Å². The maximum Gasteiger partial charge on any atom is 0.335 e. The van der Waals surface area contributed by atoms with E-state index in [4.69, 9.17) is 9.47 Å². The molecule has 1 unspecified atom stereocenters. The number of urea groups is 1. The molecule has 2 aliphatic heterocycles. The summed E-state index contributed by atoms with van der Waals surface area (Å²) in [7, 11) is -3.58. The summed E-state index contributed by atoms with van der Waals surface area (Å²) >= 11 is 0. The first kappa shape index (κ1) is 28.4. The number of nitrogens with one attached hydrogen (secondary N) is 1. The lowest BCUT2D eigenvalue weighted by Crippen LogP contribution is -2.44. The molecule has 2 saturated heterocycles. The third-order valence-electron chi connectivity index (χ3n) is 6.99. The lowest BCUT2D eigenvalue weighted by molar-refractivity contribution is 0.0322. The van der Waals surface area contributed by atoms with Crippen molar-refractivity contribution in [2.75, 3.05) is 58.8 Å². The van der Waals surface area contributed by atoms with Crippen molar-refractivity contribution in [3.05, 3.63) is 65.2 Å². The summed E-state index contributed by atoms with van der Waals surface area (Å²) in [5, 5.41) is 1.20. The molecule has 0 radical (unpaired) electrons. The van der Waals surface area contributed by atoms with Gasteiger partial charge in [0.05, 0.1) is 32.1 Å². The number of nitrogens with zero attached hydrogens (tertiary/aromatic N) is 3. The standard InChI is InChI=1S/C28H40N4O5S/c1-28(2,3)24-9-7-23(8-10-24)26-21-32(29-38(4,34)35)27(33)31(26)14-13-22-5-11-25(12-6-22)37-20-17-30-15-18-36-19-16-30/h5-12,26,29H,13-21H2,1-4H3. The van der Waals surface area contributed by atoms with Gasteiger partial charge < -0.3 is 14.4 Å². The Morgan fingerprint density at radius 3 is 2.26 bits per heavy atom. The number of carbonyl (C=O) groups is 1. The molecule has 2 heterocycles. The molecule has 0 saturated carbocycles. The number of benzene rings is 2. The number of hydrogen-bond donors (Lipinski definition) is 1. The largest absolute Gasteiger partial charge is 0.492 e. The number of hydrogen-bond acceptors (Lipinski definition) is 6. The predicted molar refractivity (Wildman–Crippen MR) is 148 cm³/mol. The summed E-state index contributed by atoms with van der Waals surface area (Å²) in [6.07, 6.45) is 1.70. The Hall–Kier alpha value is -2.66. The topological polar surface area (TPSA) is 91.4 Å². The molecule has 38 heavy (non-hydrogen) atoms. The molecule has 208 valence electrons. The first-order chi connectivity index (χ1) is 18.0. The van der Waals surface area contributed by atoms with Gasteiger partial charge in [0.15, 0.2) is 0 Å². The van der Waals surface area contributed by atoms with Crippen LogP contribution in [0, 0.1) is 0 Å². The molecule has 2 amide bonds. The van der Waals surface area contributed by atoms with Gasteiger partial charge in [-0.2, -0.15) is 0 Å². The van der Waals surface area contributed by atoms with Crippen LogP contribution in [0.4, 0.5) is 4.79 Å². The number of sulfonamides is 1. The van der Waals surface area contributed by atoms with Crippen molar-refractivity contribution >= 4 is 16.1 Å². The Morgan fingerprint density at radius 1 is 1.00 bits per heavy atom. The minimum Gasteiger partial charge on any atom is -0.492 e. The van der Waals surface area contributed by atoms with Gasteiger partial charge in [-0.3, -0.25) is 4.90 Å². The van der Waals surface area contributed by atoms with Crippen LogP contribution in [-0.2, 0) is 26.6 Å². The number of morpholine rings is 1. The van der Waals surface area contributed by atoms with Crippen LogP contribution in [0.5, 0.6) is 5.75 Å². The van der Waals surface area contributed by atoms with E-state index >= 15 is 0 Å². The number of ether oxygens (including phenoxy) is 2. The lowest BCUT2D eigenvalue weighted by Gasteiger charge is -2.26. The van der Waals surface area contributed by atoms with Crippen molar-refractivity contribution in [3.63, 3.8) is 0 Å². The molecule has 9 nitrogen and oxygen atoms in total. The van der Waals surface area contributed by atoms with E-state index in [-0.39, 0.29) is 24.0 Å². The molecule has 0 spiro atoms. The second-order valence-electron chi connectivity index (χ2n) is 11.0. The fourth-order valence-corrected chi connectivity index (χ4v) is 5.33. The van der Waals surface area contributed by atoms with Crippen LogP contribution in [0.1, 0.15) is 43.5 Å². The van der Waals surface area contributed by atoms with E-state index in [1.807, 2.05) is 36.4 Å². The molecule has 2 aromatic rings. The molecule has 2 fully saturated rings. The van der Waals surface area contributed by atoms with Gasteiger partial charge >= 0.3 is 6.03 Å². The fourth-order valence-electron chi connectivity index (χ4n) is 4.78. The van der Waals surface area contributed by atoms with Crippen LogP contribution in [0.25, 0.3) is 0 Å². The van der Waals surface area contributed by atoms with Crippen LogP contribution in [0.3, 0.4) is 0 Å². The summed E-state index contributed by atoms with van der Waals surface area (Å²) in [6, 6.07) is 15.6. The average Bonchev–Trinajstić information content (AvgIpc) is 3.17. The van der Waals surface area contributed by atoms with Gasteiger partial charge in [-0.25, -0.2) is 18.2 Å². The highest BCUT2D eigenvalue weighted by atomic mass is 32.2. The van der Waals surface area contributed by atoms with Crippen molar-refractivity contribution in [2.24, 2.45) is 0 Å². The molecular formula is C28H40N4O5S. The van der Waals surface area contributed by atoms with Gasteiger partial charge in [0.25, 0.3) is 0 Å². The highest BCUT2D eigenvalue weighted by Crippen LogP contribution is 2.31. The molecule has 2 aliphatic rings. The minimum absolute atomic E-state index is 0.0198. The number of amides is 2. The Kier molecular flexibility index (Phi) is 8.97. The zero-order valence-electron chi connectivity index (χ0n) is 22.9. The van der Waals surface area contributed by atoms with Gasteiger partial charge in [0.1, 0.15) is 12.4 Å². The molecule has 0 bridgehead atoms. The summed E-state index contributed by atoms with van der Waals surface area (Å²) in [5.74, 6) is 0.819. The molecule has 0 aliphatic carbocycles. The second-order valence-corrected chi connectivity index (χ2v) is 12.8. The van der Waals surface area contributed by atoms with Crippen molar-refractivity contribution in [1.82, 2.24) is 19.6 Å². The Labute approximate surface area is 226 Å². The van der Waals surface area contributed by atoms with E-state index in [1.54, 1.807) is 4.90 Å². The first-order valence-corrected chi connectivity index (χ1v) is 15.1.